The smallest absolute Gasteiger partial charge is 0.272 e. The first-order chi connectivity index (χ1) is 11.6. The number of anilines is 1. The Kier molecular flexibility index (Phi) is 3.31. The standard InChI is InChI=1S/C20H17N3O/c1-12-5-8-16(13(2)10-12)23-20(24)17-11-15-7-6-14-4-3-9-21-18(14)19(15)22-17/h3-11,22H,1-2H3,(H,23,24). The topological polar surface area (TPSA) is 57.8 Å². The predicted molar refractivity (Wildman–Crippen MR) is 97.5 cm³/mol. The highest BCUT2D eigenvalue weighted by atomic mass is 16.1. The van der Waals surface area contributed by atoms with Crippen molar-refractivity contribution in [2.24, 2.45) is 0 Å². The van der Waals surface area contributed by atoms with Crippen molar-refractivity contribution >= 4 is 33.4 Å². The molecule has 2 N–H and O–H groups in total. The van der Waals surface area contributed by atoms with Gasteiger partial charge in [-0.2, -0.15) is 0 Å². The molecule has 4 aromatic rings. The minimum absolute atomic E-state index is 0.151. The maximum Gasteiger partial charge on any atom is 0.272 e. The summed E-state index contributed by atoms with van der Waals surface area (Å²) in [4.78, 5) is 20.2. The van der Waals surface area contributed by atoms with Gasteiger partial charge in [-0.1, -0.05) is 35.9 Å². The van der Waals surface area contributed by atoms with Crippen LogP contribution in [0.3, 0.4) is 0 Å². The molecule has 0 spiro atoms. The Bertz CT molecular complexity index is 1080. The van der Waals surface area contributed by atoms with Gasteiger partial charge in [0.1, 0.15) is 5.69 Å². The van der Waals surface area contributed by atoms with Gasteiger partial charge in [-0.25, -0.2) is 0 Å². The highest BCUT2D eigenvalue weighted by molar-refractivity contribution is 6.10. The van der Waals surface area contributed by atoms with E-state index in [0.717, 1.165) is 33.1 Å². The maximum absolute atomic E-state index is 12.6. The molecule has 0 aliphatic carbocycles. The number of benzene rings is 2. The van der Waals surface area contributed by atoms with Crippen LogP contribution in [0.1, 0.15) is 21.6 Å². The van der Waals surface area contributed by atoms with E-state index in [2.05, 4.69) is 21.4 Å². The van der Waals surface area contributed by atoms with E-state index in [0.29, 0.717) is 5.69 Å². The summed E-state index contributed by atoms with van der Waals surface area (Å²) >= 11 is 0. The number of aryl methyl sites for hydroxylation is 2. The number of aromatic amines is 1. The number of nitrogens with one attached hydrogen (secondary N) is 2. The first-order valence-corrected chi connectivity index (χ1v) is 7.87. The number of nitrogens with zero attached hydrogens (tertiary/aromatic N) is 1. The fraction of sp³-hybridized carbons (Fsp3) is 0.100. The number of hydrogen-bond acceptors (Lipinski definition) is 2. The highest BCUT2D eigenvalue weighted by Gasteiger charge is 2.13. The van der Waals surface area contributed by atoms with Gasteiger partial charge < -0.3 is 10.3 Å². The van der Waals surface area contributed by atoms with E-state index in [1.54, 1.807) is 6.20 Å². The average molecular weight is 315 g/mol. The lowest BCUT2D eigenvalue weighted by atomic mass is 10.1. The van der Waals surface area contributed by atoms with Crippen LogP contribution in [-0.4, -0.2) is 15.9 Å². The molecular weight excluding hydrogens is 298 g/mol. The molecule has 0 aliphatic heterocycles. The van der Waals surface area contributed by atoms with Crippen LogP contribution in [-0.2, 0) is 0 Å². The third kappa shape index (κ3) is 2.42. The lowest BCUT2D eigenvalue weighted by Crippen LogP contribution is -2.13. The van der Waals surface area contributed by atoms with E-state index in [-0.39, 0.29) is 5.91 Å². The molecule has 4 rings (SSSR count). The molecular formula is C20H17N3O. The molecule has 24 heavy (non-hydrogen) atoms. The van der Waals surface area contributed by atoms with Crippen LogP contribution in [0.4, 0.5) is 5.69 Å². The SMILES string of the molecule is Cc1ccc(NC(=O)c2cc3ccc4cccnc4c3[nH]2)c(C)c1. The monoisotopic (exact) mass is 315 g/mol. The largest absolute Gasteiger partial charge is 0.349 e. The molecule has 0 radical (unpaired) electrons. The summed E-state index contributed by atoms with van der Waals surface area (Å²) in [7, 11) is 0. The number of fused-ring (bicyclic) bond motifs is 3. The van der Waals surface area contributed by atoms with Gasteiger partial charge in [-0.05, 0) is 37.6 Å². The number of H-pyrrole nitrogens is 1. The Morgan fingerprint density at radius 1 is 1.04 bits per heavy atom. The lowest BCUT2D eigenvalue weighted by molar-refractivity contribution is 0.102. The fourth-order valence-electron chi connectivity index (χ4n) is 3.00. The van der Waals surface area contributed by atoms with Crippen molar-refractivity contribution in [1.82, 2.24) is 9.97 Å². The van der Waals surface area contributed by atoms with Crippen LogP contribution >= 0.6 is 0 Å². The normalized spacial score (nSPS) is 11.1. The molecule has 1 amide bonds. The average Bonchev–Trinajstić information content (AvgIpc) is 3.02. The second-order valence-corrected chi connectivity index (χ2v) is 6.06. The molecule has 4 heteroatoms. The first-order valence-electron chi connectivity index (χ1n) is 7.87. The van der Waals surface area contributed by atoms with Crippen molar-refractivity contribution in [3.63, 3.8) is 0 Å². The van der Waals surface area contributed by atoms with Crippen molar-refractivity contribution < 1.29 is 4.79 Å². The van der Waals surface area contributed by atoms with Crippen LogP contribution in [0.15, 0.2) is 54.7 Å². The number of aromatic nitrogens is 2. The minimum Gasteiger partial charge on any atom is -0.349 e. The molecule has 118 valence electrons. The molecule has 2 heterocycles. The van der Waals surface area contributed by atoms with Crippen LogP contribution in [0.2, 0.25) is 0 Å². The zero-order valence-electron chi connectivity index (χ0n) is 13.6. The molecule has 0 aliphatic rings. The van der Waals surface area contributed by atoms with E-state index in [9.17, 15) is 4.79 Å². The molecule has 0 fully saturated rings. The Morgan fingerprint density at radius 2 is 1.88 bits per heavy atom. The summed E-state index contributed by atoms with van der Waals surface area (Å²) in [6, 6.07) is 15.8. The predicted octanol–water partition coefficient (Wildman–Crippen LogP) is 4.59. The number of amides is 1. The summed E-state index contributed by atoms with van der Waals surface area (Å²) in [5, 5.41) is 5.00. The second-order valence-electron chi connectivity index (χ2n) is 6.06. The quantitative estimate of drug-likeness (QED) is 0.568. The summed E-state index contributed by atoms with van der Waals surface area (Å²) in [6.07, 6.45) is 1.76. The Morgan fingerprint density at radius 3 is 2.71 bits per heavy atom. The van der Waals surface area contributed by atoms with E-state index in [1.807, 2.05) is 56.3 Å². The molecule has 0 bridgehead atoms. The van der Waals surface area contributed by atoms with Crippen LogP contribution in [0.5, 0.6) is 0 Å². The van der Waals surface area contributed by atoms with Crippen LogP contribution in [0.25, 0.3) is 21.8 Å². The summed E-state index contributed by atoms with van der Waals surface area (Å²) in [6.45, 7) is 4.03. The Balaban J connectivity index is 1.73. The van der Waals surface area contributed by atoms with Gasteiger partial charge in [-0.3, -0.25) is 9.78 Å². The van der Waals surface area contributed by atoms with Gasteiger partial charge in [0.15, 0.2) is 0 Å². The number of carbonyl (C=O) groups excluding carboxylic acids is 1. The Labute approximate surface area is 139 Å². The van der Waals surface area contributed by atoms with Crippen molar-refractivity contribution in [1.29, 1.82) is 0 Å². The number of hydrogen-bond donors (Lipinski definition) is 2. The van der Waals surface area contributed by atoms with E-state index < -0.39 is 0 Å². The second kappa shape index (κ2) is 5.49. The van der Waals surface area contributed by atoms with Gasteiger partial charge in [0.25, 0.3) is 5.91 Å². The minimum atomic E-state index is -0.151. The van der Waals surface area contributed by atoms with E-state index >= 15 is 0 Å². The zero-order valence-corrected chi connectivity index (χ0v) is 13.6. The van der Waals surface area contributed by atoms with Crippen molar-refractivity contribution in [2.75, 3.05) is 5.32 Å². The summed E-state index contributed by atoms with van der Waals surface area (Å²) < 4.78 is 0. The molecule has 0 unspecified atom stereocenters. The molecule has 2 aromatic heterocycles. The molecule has 0 atom stereocenters. The maximum atomic E-state index is 12.6. The third-order valence-corrected chi connectivity index (χ3v) is 4.24. The summed E-state index contributed by atoms with van der Waals surface area (Å²) in [5.41, 5.74) is 5.34. The molecule has 4 nitrogen and oxygen atoms in total. The van der Waals surface area contributed by atoms with E-state index in [4.69, 9.17) is 0 Å². The van der Waals surface area contributed by atoms with Gasteiger partial charge in [0.05, 0.1) is 11.0 Å². The fourth-order valence-corrected chi connectivity index (χ4v) is 3.00. The lowest BCUT2D eigenvalue weighted by Gasteiger charge is -2.08. The van der Waals surface area contributed by atoms with Gasteiger partial charge in [0.2, 0.25) is 0 Å². The summed E-state index contributed by atoms with van der Waals surface area (Å²) in [5.74, 6) is -0.151. The zero-order chi connectivity index (χ0) is 16.7. The van der Waals surface area contributed by atoms with Crippen LogP contribution < -0.4 is 5.32 Å². The molecule has 2 aromatic carbocycles. The van der Waals surface area contributed by atoms with Crippen molar-refractivity contribution in [2.45, 2.75) is 13.8 Å². The third-order valence-electron chi connectivity index (χ3n) is 4.24. The van der Waals surface area contributed by atoms with Gasteiger partial charge >= 0.3 is 0 Å². The van der Waals surface area contributed by atoms with Gasteiger partial charge in [-0.15, -0.1) is 0 Å². The molecule has 0 saturated heterocycles. The number of carbonyl (C=O) groups is 1. The number of rotatable bonds is 2. The van der Waals surface area contributed by atoms with Crippen LogP contribution in [0, 0.1) is 13.8 Å². The first kappa shape index (κ1) is 14.5. The van der Waals surface area contributed by atoms with Crippen molar-refractivity contribution in [3.05, 3.63) is 71.5 Å². The van der Waals surface area contributed by atoms with Gasteiger partial charge in [0, 0.05) is 22.7 Å². The Hall–Kier alpha value is -3.14. The molecule has 0 saturated carbocycles. The van der Waals surface area contributed by atoms with Crippen molar-refractivity contribution in [3.8, 4) is 0 Å². The highest BCUT2D eigenvalue weighted by Crippen LogP contribution is 2.24. The number of pyridine rings is 1. The van der Waals surface area contributed by atoms with E-state index in [1.165, 1.54) is 5.56 Å².